The Balaban J connectivity index is 2.94. The summed E-state index contributed by atoms with van der Waals surface area (Å²) in [5, 5.41) is 3.44. The van der Waals surface area contributed by atoms with Crippen LogP contribution in [-0.2, 0) is 0 Å². The molecule has 0 aliphatic heterocycles. The monoisotopic (exact) mass is 102 g/mol. The van der Waals surface area contributed by atoms with Gasteiger partial charge < -0.3 is 0 Å². The quantitative estimate of drug-likeness (QED) is 0.386. The standard InChI is InChI=1S/C3H6N2S/c1-3-4-5-6-2/h3H,1H2,2H3. The van der Waals surface area contributed by atoms with E-state index < -0.39 is 0 Å². The van der Waals surface area contributed by atoms with Crippen molar-refractivity contribution in [2.45, 2.75) is 0 Å². The molecule has 3 heteroatoms. The molecule has 0 rings (SSSR count). The molecule has 34 valence electrons. The summed E-state index contributed by atoms with van der Waals surface area (Å²) in [7, 11) is 0. The number of hydrogen-bond acceptors (Lipinski definition) is 3. The van der Waals surface area contributed by atoms with Crippen molar-refractivity contribution in [1.82, 2.24) is 0 Å². The molecule has 6 heavy (non-hydrogen) atoms. The zero-order chi connectivity index (χ0) is 4.83. The average molecular weight is 102 g/mol. The smallest absolute Gasteiger partial charge is 0.0430 e. The highest BCUT2D eigenvalue weighted by Crippen LogP contribution is 1.92. The van der Waals surface area contributed by atoms with Crippen LogP contribution in [0, 0.1) is 0 Å². The Morgan fingerprint density at radius 2 is 2.50 bits per heavy atom. The zero-order valence-electron chi connectivity index (χ0n) is 3.59. The Hall–Kier alpha value is -0.310. The van der Waals surface area contributed by atoms with Gasteiger partial charge in [-0.1, -0.05) is 6.58 Å². The summed E-state index contributed by atoms with van der Waals surface area (Å²) < 4.78 is 3.51. The van der Waals surface area contributed by atoms with Gasteiger partial charge in [0.25, 0.3) is 0 Å². The van der Waals surface area contributed by atoms with Gasteiger partial charge in [-0.15, -0.1) is 4.52 Å². The molecule has 0 bridgehead atoms. The van der Waals surface area contributed by atoms with Crippen LogP contribution in [0.5, 0.6) is 0 Å². The maximum Gasteiger partial charge on any atom is 0.0430 e. The second-order valence-corrected chi connectivity index (χ2v) is 1.09. The number of hydrogen-bond donors (Lipinski definition) is 0. The van der Waals surface area contributed by atoms with E-state index in [-0.39, 0.29) is 0 Å². The van der Waals surface area contributed by atoms with Crippen LogP contribution in [0.1, 0.15) is 0 Å². The van der Waals surface area contributed by atoms with Gasteiger partial charge >= 0.3 is 0 Å². The van der Waals surface area contributed by atoms with Crippen LogP contribution in [0.2, 0.25) is 0 Å². The van der Waals surface area contributed by atoms with Crippen molar-refractivity contribution in [3.05, 3.63) is 12.8 Å². The summed E-state index contributed by atoms with van der Waals surface area (Å²) in [6, 6.07) is 0. The van der Waals surface area contributed by atoms with E-state index in [9.17, 15) is 0 Å². The first-order valence-corrected chi connectivity index (χ1v) is 2.64. The van der Waals surface area contributed by atoms with Gasteiger partial charge in [-0.2, -0.15) is 5.11 Å². The molecule has 0 aliphatic rings. The maximum atomic E-state index is 3.51. The van der Waals surface area contributed by atoms with Gasteiger partial charge in [0.05, 0.1) is 0 Å². The normalized spacial score (nSPS) is 9.50. The largest absolute Gasteiger partial charge is 0.152 e. The van der Waals surface area contributed by atoms with Crippen LogP contribution in [0.25, 0.3) is 0 Å². The van der Waals surface area contributed by atoms with Crippen molar-refractivity contribution in [2.24, 2.45) is 9.63 Å². The lowest BCUT2D eigenvalue weighted by molar-refractivity contribution is 1.35. The van der Waals surface area contributed by atoms with E-state index >= 15 is 0 Å². The Labute approximate surface area is 41.5 Å². The molecule has 2 nitrogen and oxygen atoms in total. The first-order valence-electron chi connectivity index (χ1n) is 1.46. The van der Waals surface area contributed by atoms with E-state index in [1.807, 2.05) is 6.26 Å². The van der Waals surface area contributed by atoms with E-state index in [1.165, 1.54) is 18.1 Å². The van der Waals surface area contributed by atoms with Crippen LogP contribution in [0.15, 0.2) is 22.4 Å². The van der Waals surface area contributed by atoms with Crippen LogP contribution in [0.4, 0.5) is 0 Å². The van der Waals surface area contributed by atoms with Crippen LogP contribution >= 0.6 is 11.9 Å². The fraction of sp³-hybridized carbons (Fsp3) is 0.333. The van der Waals surface area contributed by atoms with Gasteiger partial charge in [0, 0.05) is 12.5 Å². The molecule has 0 heterocycles. The van der Waals surface area contributed by atoms with E-state index in [0.717, 1.165) is 0 Å². The lowest BCUT2D eigenvalue weighted by atomic mass is 11.1. The van der Waals surface area contributed by atoms with Gasteiger partial charge in [-0.05, 0) is 11.9 Å². The Morgan fingerprint density at radius 3 is 2.67 bits per heavy atom. The van der Waals surface area contributed by atoms with Crippen LogP contribution in [-0.4, -0.2) is 6.26 Å². The molecule has 0 spiro atoms. The highest BCUT2D eigenvalue weighted by atomic mass is 32.2. The first kappa shape index (κ1) is 5.69. The molecule has 0 aromatic carbocycles. The molecular formula is C3H6N2S. The predicted molar refractivity (Wildman–Crippen MR) is 28.6 cm³/mol. The molecule has 0 fully saturated rings. The molecule has 0 atom stereocenters. The average Bonchev–Trinajstić information content (AvgIpc) is 1.61. The van der Waals surface area contributed by atoms with Crippen molar-refractivity contribution in [3.8, 4) is 0 Å². The SMILES string of the molecule is C=CN=NSC. The third kappa shape index (κ3) is 3.69. The van der Waals surface area contributed by atoms with Gasteiger partial charge in [-0.25, -0.2) is 0 Å². The summed E-state index contributed by atoms with van der Waals surface area (Å²) in [5.74, 6) is 0. The third-order valence-electron chi connectivity index (χ3n) is 0.210. The molecule has 0 amide bonds. The fourth-order valence-electron chi connectivity index (χ4n) is 0.0805. The second-order valence-electron chi connectivity index (χ2n) is 0.562. The minimum absolute atomic E-state index is 1.31. The molecule has 0 N–H and O–H groups in total. The van der Waals surface area contributed by atoms with Crippen molar-refractivity contribution < 1.29 is 0 Å². The summed E-state index contributed by atoms with van der Waals surface area (Å²) >= 11 is 1.31. The third-order valence-corrected chi connectivity index (χ3v) is 0.468. The summed E-state index contributed by atoms with van der Waals surface area (Å²) in [4.78, 5) is 0. The Kier molecular flexibility index (Phi) is 4.45. The van der Waals surface area contributed by atoms with Crippen LogP contribution < -0.4 is 0 Å². The molecule has 0 unspecified atom stereocenters. The van der Waals surface area contributed by atoms with E-state index in [0.29, 0.717) is 0 Å². The molecule has 0 saturated heterocycles. The zero-order valence-corrected chi connectivity index (χ0v) is 4.40. The number of nitrogens with zero attached hydrogens (tertiary/aromatic N) is 2. The molecule has 0 aromatic heterocycles. The van der Waals surface area contributed by atoms with Gasteiger partial charge in [0.15, 0.2) is 0 Å². The van der Waals surface area contributed by atoms with Gasteiger partial charge in [-0.3, -0.25) is 0 Å². The predicted octanol–water partition coefficient (Wildman–Crippen LogP) is 1.86. The van der Waals surface area contributed by atoms with E-state index in [2.05, 4.69) is 16.2 Å². The Morgan fingerprint density at radius 1 is 1.83 bits per heavy atom. The maximum absolute atomic E-state index is 3.51. The molecule has 0 radical (unpaired) electrons. The fourth-order valence-corrected chi connectivity index (χ4v) is 0.241. The highest BCUT2D eigenvalue weighted by molar-refractivity contribution is 7.97. The summed E-state index contributed by atoms with van der Waals surface area (Å²) in [6.45, 7) is 3.32. The topological polar surface area (TPSA) is 24.7 Å². The molecule has 0 saturated carbocycles. The molecule has 0 aliphatic carbocycles. The second kappa shape index (κ2) is 4.69. The number of rotatable bonds is 2. The molecular weight excluding hydrogens is 96.1 g/mol. The lowest BCUT2D eigenvalue weighted by Gasteiger charge is -1.67. The van der Waals surface area contributed by atoms with E-state index in [1.54, 1.807) is 0 Å². The summed E-state index contributed by atoms with van der Waals surface area (Å²) in [6.07, 6.45) is 3.24. The van der Waals surface area contributed by atoms with Gasteiger partial charge in [0.1, 0.15) is 0 Å². The molecule has 0 aromatic rings. The van der Waals surface area contributed by atoms with E-state index in [4.69, 9.17) is 0 Å². The van der Waals surface area contributed by atoms with Crippen molar-refractivity contribution in [2.75, 3.05) is 6.26 Å². The lowest BCUT2D eigenvalue weighted by Crippen LogP contribution is -1.37. The highest BCUT2D eigenvalue weighted by Gasteiger charge is 1.55. The van der Waals surface area contributed by atoms with Crippen molar-refractivity contribution >= 4 is 11.9 Å². The Bertz CT molecular complexity index is 59.8. The minimum Gasteiger partial charge on any atom is -0.152 e. The minimum atomic E-state index is 1.31. The van der Waals surface area contributed by atoms with Crippen molar-refractivity contribution in [1.29, 1.82) is 0 Å². The van der Waals surface area contributed by atoms with Gasteiger partial charge in [0.2, 0.25) is 0 Å². The van der Waals surface area contributed by atoms with Crippen molar-refractivity contribution in [3.63, 3.8) is 0 Å². The first-order chi connectivity index (χ1) is 2.91. The van der Waals surface area contributed by atoms with Crippen LogP contribution in [0.3, 0.4) is 0 Å². The summed E-state index contributed by atoms with van der Waals surface area (Å²) in [5.41, 5.74) is 0.